The van der Waals surface area contributed by atoms with Gasteiger partial charge in [0.05, 0.1) is 0 Å². The van der Waals surface area contributed by atoms with Crippen molar-refractivity contribution in [3.05, 3.63) is 34.9 Å². The summed E-state index contributed by atoms with van der Waals surface area (Å²) in [5, 5.41) is 12.3. The van der Waals surface area contributed by atoms with E-state index in [-0.39, 0.29) is 12.6 Å². The van der Waals surface area contributed by atoms with Crippen LogP contribution in [0, 0.1) is 5.92 Å². The second-order valence-electron chi connectivity index (χ2n) is 5.33. The van der Waals surface area contributed by atoms with Crippen LogP contribution in [0.1, 0.15) is 18.4 Å². The van der Waals surface area contributed by atoms with Gasteiger partial charge in [-0.1, -0.05) is 23.7 Å². The van der Waals surface area contributed by atoms with Gasteiger partial charge < -0.3 is 15.3 Å². The van der Waals surface area contributed by atoms with Gasteiger partial charge in [-0.15, -0.1) is 0 Å². The van der Waals surface area contributed by atoms with Gasteiger partial charge >= 0.3 is 12.0 Å². The fourth-order valence-corrected chi connectivity index (χ4v) is 2.20. The van der Waals surface area contributed by atoms with E-state index >= 15 is 0 Å². The predicted molar refractivity (Wildman–Crippen MR) is 80.5 cm³/mol. The van der Waals surface area contributed by atoms with E-state index < -0.39 is 5.97 Å². The Morgan fingerprint density at radius 1 is 1.29 bits per heavy atom. The summed E-state index contributed by atoms with van der Waals surface area (Å²) < 4.78 is 0. The normalized spacial score (nSPS) is 13.8. The third-order valence-corrected chi connectivity index (χ3v) is 3.64. The number of benzene rings is 1. The summed E-state index contributed by atoms with van der Waals surface area (Å²) in [5.41, 5.74) is 1.08. The lowest BCUT2D eigenvalue weighted by atomic mass is 10.1. The first-order chi connectivity index (χ1) is 10.0. The summed E-state index contributed by atoms with van der Waals surface area (Å²) in [4.78, 5) is 24.2. The van der Waals surface area contributed by atoms with Crippen molar-refractivity contribution >= 4 is 23.6 Å². The Bertz CT molecular complexity index is 500. The number of carbonyl (C=O) groups is 2. The fourth-order valence-electron chi connectivity index (χ4n) is 2.07. The van der Waals surface area contributed by atoms with E-state index in [0.29, 0.717) is 30.5 Å². The number of carboxylic acid groups (broad SMARTS) is 1. The number of amides is 2. The van der Waals surface area contributed by atoms with Crippen LogP contribution in [0.4, 0.5) is 4.79 Å². The highest BCUT2D eigenvalue weighted by Gasteiger charge is 2.27. The molecule has 0 unspecified atom stereocenters. The number of rotatable bonds is 7. The molecule has 0 atom stereocenters. The van der Waals surface area contributed by atoms with Crippen LogP contribution >= 0.6 is 11.6 Å². The maximum Gasteiger partial charge on any atom is 0.323 e. The number of carboxylic acids is 1. The number of halogens is 1. The average Bonchev–Trinajstić information content (AvgIpc) is 3.23. The Hall–Kier alpha value is -1.75. The fraction of sp³-hybridized carbons (Fsp3) is 0.467. The van der Waals surface area contributed by atoms with E-state index in [4.69, 9.17) is 16.7 Å². The molecule has 1 aromatic carbocycles. The Balaban J connectivity index is 1.77. The molecule has 0 saturated heterocycles. The Labute approximate surface area is 128 Å². The van der Waals surface area contributed by atoms with Gasteiger partial charge in [-0.3, -0.25) is 4.79 Å². The molecule has 2 N–H and O–H groups in total. The molecule has 1 fully saturated rings. The largest absolute Gasteiger partial charge is 0.480 e. The summed E-state index contributed by atoms with van der Waals surface area (Å²) in [5.74, 6) is -0.519. The van der Waals surface area contributed by atoms with Crippen LogP contribution < -0.4 is 5.32 Å². The lowest BCUT2D eigenvalue weighted by Crippen LogP contribution is -2.44. The van der Waals surface area contributed by atoms with Gasteiger partial charge in [0.25, 0.3) is 0 Å². The number of carbonyl (C=O) groups excluding carboxylic acids is 1. The van der Waals surface area contributed by atoms with Gasteiger partial charge in [0.1, 0.15) is 6.54 Å². The smallest absolute Gasteiger partial charge is 0.323 e. The van der Waals surface area contributed by atoms with E-state index in [1.165, 1.54) is 4.90 Å². The van der Waals surface area contributed by atoms with Gasteiger partial charge in [-0.2, -0.15) is 0 Å². The van der Waals surface area contributed by atoms with Crippen molar-refractivity contribution in [3.8, 4) is 0 Å². The molecule has 1 aliphatic rings. The Kier molecular flexibility index (Phi) is 5.44. The van der Waals surface area contributed by atoms with Crippen LogP contribution in [0.15, 0.2) is 24.3 Å². The quantitative estimate of drug-likeness (QED) is 0.812. The summed E-state index contributed by atoms with van der Waals surface area (Å²) in [6, 6.07) is 7.13. The van der Waals surface area contributed by atoms with E-state index in [1.807, 2.05) is 24.3 Å². The van der Waals surface area contributed by atoms with Crippen molar-refractivity contribution < 1.29 is 14.7 Å². The molecule has 1 aliphatic carbocycles. The van der Waals surface area contributed by atoms with Crippen LogP contribution in [0.5, 0.6) is 0 Å². The maximum atomic E-state index is 12.0. The zero-order valence-electron chi connectivity index (χ0n) is 11.7. The van der Waals surface area contributed by atoms with Crippen molar-refractivity contribution in [2.24, 2.45) is 5.92 Å². The van der Waals surface area contributed by atoms with E-state index in [1.54, 1.807) is 0 Å². The van der Waals surface area contributed by atoms with Crippen molar-refractivity contribution in [3.63, 3.8) is 0 Å². The van der Waals surface area contributed by atoms with Crippen LogP contribution in [0.2, 0.25) is 5.02 Å². The van der Waals surface area contributed by atoms with Gasteiger partial charge in [0.2, 0.25) is 0 Å². The molecule has 6 heteroatoms. The highest BCUT2D eigenvalue weighted by molar-refractivity contribution is 6.30. The Morgan fingerprint density at radius 3 is 2.52 bits per heavy atom. The van der Waals surface area contributed by atoms with Crippen molar-refractivity contribution in [1.82, 2.24) is 10.2 Å². The van der Waals surface area contributed by atoms with Crippen molar-refractivity contribution in [2.75, 3.05) is 19.6 Å². The number of urea groups is 1. The van der Waals surface area contributed by atoms with Gasteiger partial charge in [-0.05, 0) is 42.9 Å². The molecule has 2 rings (SSSR count). The lowest BCUT2D eigenvalue weighted by molar-refractivity contribution is -0.137. The molecular weight excluding hydrogens is 292 g/mol. The highest BCUT2D eigenvalue weighted by atomic mass is 35.5. The molecule has 0 aromatic heterocycles. The summed E-state index contributed by atoms with van der Waals surface area (Å²) in [6.07, 6.45) is 2.84. The minimum atomic E-state index is -0.983. The molecule has 2 amide bonds. The van der Waals surface area contributed by atoms with Gasteiger partial charge in [-0.25, -0.2) is 4.79 Å². The minimum Gasteiger partial charge on any atom is -0.480 e. The molecular formula is C15H19ClN2O3. The van der Waals surface area contributed by atoms with E-state index in [9.17, 15) is 9.59 Å². The van der Waals surface area contributed by atoms with E-state index in [2.05, 4.69) is 5.32 Å². The topological polar surface area (TPSA) is 69.6 Å². The van der Waals surface area contributed by atoms with Crippen molar-refractivity contribution in [1.29, 1.82) is 0 Å². The zero-order chi connectivity index (χ0) is 15.2. The lowest BCUT2D eigenvalue weighted by Gasteiger charge is -2.21. The number of nitrogens with zero attached hydrogens (tertiary/aromatic N) is 1. The van der Waals surface area contributed by atoms with Crippen molar-refractivity contribution in [2.45, 2.75) is 19.3 Å². The van der Waals surface area contributed by atoms with Gasteiger partial charge in [0.15, 0.2) is 0 Å². The molecule has 1 aromatic rings. The van der Waals surface area contributed by atoms with E-state index in [0.717, 1.165) is 18.4 Å². The highest BCUT2D eigenvalue weighted by Crippen LogP contribution is 2.29. The second kappa shape index (κ2) is 7.31. The molecule has 0 radical (unpaired) electrons. The third-order valence-electron chi connectivity index (χ3n) is 3.39. The zero-order valence-corrected chi connectivity index (χ0v) is 12.5. The maximum absolute atomic E-state index is 12.0. The average molecular weight is 311 g/mol. The van der Waals surface area contributed by atoms with Gasteiger partial charge in [0, 0.05) is 18.1 Å². The van der Waals surface area contributed by atoms with Crippen LogP contribution in [0.25, 0.3) is 0 Å². The summed E-state index contributed by atoms with van der Waals surface area (Å²) in [6.45, 7) is 0.754. The first-order valence-electron chi connectivity index (χ1n) is 7.03. The number of hydrogen-bond donors (Lipinski definition) is 2. The molecule has 0 bridgehead atoms. The number of aliphatic carboxylic acids is 1. The number of hydrogen-bond acceptors (Lipinski definition) is 2. The number of nitrogens with one attached hydrogen (secondary N) is 1. The van der Waals surface area contributed by atoms with Crippen LogP contribution in [-0.2, 0) is 11.2 Å². The molecule has 1 saturated carbocycles. The second-order valence-corrected chi connectivity index (χ2v) is 5.76. The first kappa shape index (κ1) is 15.6. The molecule has 0 heterocycles. The molecule has 114 valence electrons. The first-order valence-corrected chi connectivity index (χ1v) is 7.41. The minimum absolute atomic E-state index is 0.247. The molecule has 5 nitrogen and oxygen atoms in total. The van der Waals surface area contributed by atoms with Crippen LogP contribution in [0.3, 0.4) is 0 Å². The third kappa shape index (κ3) is 5.63. The standard InChI is InChI=1S/C15H19ClN2O3/c16-13-5-3-11(4-6-13)7-8-17-15(21)18(10-14(19)20)9-12-1-2-12/h3-6,12H,1-2,7-10H2,(H,17,21)(H,19,20). The summed E-state index contributed by atoms with van der Waals surface area (Å²) in [7, 11) is 0. The predicted octanol–water partition coefficient (Wildman–Crippen LogP) is 2.39. The summed E-state index contributed by atoms with van der Waals surface area (Å²) >= 11 is 5.81. The Morgan fingerprint density at radius 2 is 1.95 bits per heavy atom. The monoisotopic (exact) mass is 310 g/mol. The molecule has 0 spiro atoms. The molecule has 0 aliphatic heterocycles. The SMILES string of the molecule is O=C(O)CN(CC1CC1)C(=O)NCCc1ccc(Cl)cc1. The molecule has 21 heavy (non-hydrogen) atoms. The van der Waals surface area contributed by atoms with Crippen LogP contribution in [-0.4, -0.2) is 41.6 Å².